The number of anilines is 1. The SMILES string of the molecule is C=CCn1c(SCC(=O)Nc2cc(Cl)ccc2C)nnc1C(C)Oc1ccc(C)cc1C. The summed E-state index contributed by atoms with van der Waals surface area (Å²) < 4.78 is 8.08. The Labute approximate surface area is 198 Å². The van der Waals surface area contributed by atoms with Gasteiger partial charge in [0.25, 0.3) is 0 Å². The Kier molecular flexibility index (Phi) is 7.99. The molecule has 1 N–H and O–H groups in total. The highest BCUT2D eigenvalue weighted by Gasteiger charge is 2.20. The summed E-state index contributed by atoms with van der Waals surface area (Å²) in [6.45, 7) is 12.3. The highest BCUT2D eigenvalue weighted by molar-refractivity contribution is 7.99. The molecule has 1 atom stereocenters. The maximum atomic E-state index is 12.5. The van der Waals surface area contributed by atoms with Gasteiger partial charge in [-0.15, -0.1) is 16.8 Å². The summed E-state index contributed by atoms with van der Waals surface area (Å²) in [5.41, 5.74) is 3.89. The number of rotatable bonds is 9. The number of aromatic nitrogens is 3. The van der Waals surface area contributed by atoms with Crippen molar-refractivity contribution in [2.24, 2.45) is 0 Å². The lowest BCUT2D eigenvalue weighted by atomic mass is 10.1. The molecule has 1 heterocycles. The van der Waals surface area contributed by atoms with Crippen LogP contribution in [0.15, 0.2) is 54.2 Å². The second-order valence-electron chi connectivity index (χ2n) is 7.57. The Morgan fingerprint density at radius 1 is 1.22 bits per heavy atom. The third-order valence-corrected chi connectivity index (χ3v) is 6.06. The van der Waals surface area contributed by atoms with Gasteiger partial charge in [0.1, 0.15) is 5.75 Å². The summed E-state index contributed by atoms with van der Waals surface area (Å²) in [6.07, 6.45) is 1.46. The van der Waals surface area contributed by atoms with Gasteiger partial charge < -0.3 is 10.1 Å². The molecule has 1 unspecified atom stereocenters. The first-order chi connectivity index (χ1) is 15.3. The lowest BCUT2D eigenvalue weighted by Crippen LogP contribution is -2.16. The van der Waals surface area contributed by atoms with Crippen LogP contribution in [0.2, 0.25) is 5.02 Å². The first kappa shape index (κ1) is 23.9. The van der Waals surface area contributed by atoms with Crippen LogP contribution in [0.3, 0.4) is 0 Å². The number of carbonyl (C=O) groups is 1. The van der Waals surface area contributed by atoms with Gasteiger partial charge in [-0.2, -0.15) is 0 Å². The van der Waals surface area contributed by atoms with Crippen molar-refractivity contribution in [2.45, 2.75) is 45.5 Å². The highest BCUT2D eigenvalue weighted by Crippen LogP contribution is 2.27. The molecule has 0 spiro atoms. The second-order valence-corrected chi connectivity index (χ2v) is 8.94. The number of nitrogens with zero attached hydrogens (tertiary/aromatic N) is 3. The van der Waals surface area contributed by atoms with Crippen LogP contribution in [0, 0.1) is 20.8 Å². The smallest absolute Gasteiger partial charge is 0.234 e. The molecule has 1 aromatic heterocycles. The number of amides is 1. The zero-order valence-corrected chi connectivity index (χ0v) is 20.3. The number of halogens is 1. The molecule has 8 heteroatoms. The number of hydrogen-bond acceptors (Lipinski definition) is 5. The lowest BCUT2D eigenvalue weighted by Gasteiger charge is -2.17. The standard InChI is InChI=1S/C24H27ClN4O2S/c1-6-11-29-23(18(5)31-21-10-7-15(2)12-17(21)4)27-28-24(29)32-14-22(30)26-20-13-19(25)9-8-16(20)3/h6-10,12-13,18H,1,11,14H2,2-5H3,(H,26,30). The van der Waals surface area contributed by atoms with Gasteiger partial charge in [-0.3, -0.25) is 9.36 Å². The topological polar surface area (TPSA) is 69.0 Å². The van der Waals surface area contributed by atoms with E-state index in [0.29, 0.717) is 28.2 Å². The maximum absolute atomic E-state index is 12.5. The van der Waals surface area contributed by atoms with Gasteiger partial charge in [-0.05, 0) is 57.0 Å². The summed E-state index contributed by atoms with van der Waals surface area (Å²) >= 11 is 7.35. The average molecular weight is 471 g/mol. The molecule has 0 fully saturated rings. The van der Waals surface area contributed by atoms with Crippen LogP contribution in [-0.4, -0.2) is 26.4 Å². The minimum Gasteiger partial charge on any atom is -0.482 e. The third-order valence-electron chi connectivity index (χ3n) is 4.86. The van der Waals surface area contributed by atoms with Gasteiger partial charge in [-0.25, -0.2) is 0 Å². The minimum atomic E-state index is -0.318. The molecule has 0 saturated carbocycles. The van der Waals surface area contributed by atoms with Crippen molar-refractivity contribution in [3.63, 3.8) is 0 Å². The van der Waals surface area contributed by atoms with Gasteiger partial charge in [0, 0.05) is 17.3 Å². The summed E-state index contributed by atoms with van der Waals surface area (Å²) in [5, 5.41) is 12.7. The second kappa shape index (κ2) is 10.7. The van der Waals surface area contributed by atoms with Crippen molar-refractivity contribution in [1.29, 1.82) is 0 Å². The van der Waals surface area contributed by atoms with Crippen molar-refractivity contribution in [3.8, 4) is 5.75 Å². The number of hydrogen-bond donors (Lipinski definition) is 1. The van der Waals surface area contributed by atoms with E-state index in [0.717, 1.165) is 16.9 Å². The van der Waals surface area contributed by atoms with Crippen molar-refractivity contribution >= 4 is 35.0 Å². The van der Waals surface area contributed by atoms with Crippen molar-refractivity contribution < 1.29 is 9.53 Å². The molecule has 0 saturated heterocycles. The fraction of sp³-hybridized carbons (Fsp3) is 0.292. The highest BCUT2D eigenvalue weighted by atomic mass is 35.5. The van der Waals surface area contributed by atoms with E-state index in [4.69, 9.17) is 16.3 Å². The third kappa shape index (κ3) is 5.93. The quantitative estimate of drug-likeness (QED) is 0.311. The zero-order chi connectivity index (χ0) is 23.3. The summed E-state index contributed by atoms with van der Waals surface area (Å²) in [4.78, 5) is 12.5. The molecule has 3 aromatic rings. The molecule has 168 valence electrons. The Hall–Kier alpha value is -2.77. The van der Waals surface area contributed by atoms with Gasteiger partial charge in [0.15, 0.2) is 17.1 Å². The summed E-state index contributed by atoms with van der Waals surface area (Å²) in [7, 11) is 0. The van der Waals surface area contributed by atoms with Crippen molar-refractivity contribution in [2.75, 3.05) is 11.1 Å². The number of ether oxygens (including phenoxy) is 1. The molecule has 0 bridgehead atoms. The van der Waals surface area contributed by atoms with E-state index >= 15 is 0 Å². The largest absolute Gasteiger partial charge is 0.482 e. The lowest BCUT2D eigenvalue weighted by molar-refractivity contribution is -0.113. The van der Waals surface area contributed by atoms with Crippen LogP contribution in [0.25, 0.3) is 0 Å². The van der Waals surface area contributed by atoms with Crippen LogP contribution in [0.1, 0.15) is 35.5 Å². The van der Waals surface area contributed by atoms with Gasteiger partial charge in [0.2, 0.25) is 5.91 Å². The van der Waals surface area contributed by atoms with E-state index in [2.05, 4.69) is 28.2 Å². The normalized spacial score (nSPS) is 11.8. The molecule has 0 aliphatic heterocycles. The fourth-order valence-corrected chi connectivity index (χ4v) is 4.16. The predicted molar refractivity (Wildman–Crippen MR) is 131 cm³/mol. The monoisotopic (exact) mass is 470 g/mol. The van der Waals surface area contributed by atoms with Crippen LogP contribution < -0.4 is 10.1 Å². The van der Waals surface area contributed by atoms with Crippen LogP contribution >= 0.6 is 23.4 Å². The fourth-order valence-electron chi connectivity index (χ4n) is 3.23. The Morgan fingerprint density at radius 2 is 2.00 bits per heavy atom. The molecular formula is C24H27ClN4O2S. The van der Waals surface area contributed by atoms with Gasteiger partial charge in [-0.1, -0.05) is 53.2 Å². The first-order valence-electron chi connectivity index (χ1n) is 10.2. The predicted octanol–water partition coefficient (Wildman–Crippen LogP) is 5.91. The van der Waals surface area contributed by atoms with Crippen molar-refractivity contribution in [3.05, 3.63) is 76.6 Å². The van der Waals surface area contributed by atoms with E-state index in [1.54, 1.807) is 18.2 Å². The first-order valence-corrected chi connectivity index (χ1v) is 11.6. The van der Waals surface area contributed by atoms with Gasteiger partial charge in [0.05, 0.1) is 5.75 Å². The Morgan fingerprint density at radius 3 is 2.72 bits per heavy atom. The molecule has 1 amide bonds. The van der Waals surface area contributed by atoms with Crippen LogP contribution in [-0.2, 0) is 11.3 Å². The van der Waals surface area contributed by atoms with Gasteiger partial charge >= 0.3 is 0 Å². The molecule has 0 radical (unpaired) electrons. The molecule has 0 aliphatic carbocycles. The molecule has 32 heavy (non-hydrogen) atoms. The minimum absolute atomic E-state index is 0.144. The van der Waals surface area contributed by atoms with E-state index in [1.807, 2.05) is 50.5 Å². The average Bonchev–Trinajstić information content (AvgIpc) is 3.14. The Balaban J connectivity index is 1.70. The number of allylic oxidation sites excluding steroid dienone is 1. The number of benzene rings is 2. The zero-order valence-electron chi connectivity index (χ0n) is 18.7. The Bertz CT molecular complexity index is 1130. The molecular weight excluding hydrogens is 444 g/mol. The van der Waals surface area contributed by atoms with Crippen LogP contribution in [0.5, 0.6) is 5.75 Å². The van der Waals surface area contributed by atoms with E-state index < -0.39 is 0 Å². The van der Waals surface area contributed by atoms with E-state index in [-0.39, 0.29) is 17.8 Å². The molecule has 2 aromatic carbocycles. The maximum Gasteiger partial charge on any atom is 0.234 e. The van der Waals surface area contributed by atoms with Crippen molar-refractivity contribution in [1.82, 2.24) is 14.8 Å². The molecule has 0 aliphatic rings. The number of thioether (sulfide) groups is 1. The number of aryl methyl sites for hydroxylation is 3. The summed E-state index contributed by atoms with van der Waals surface area (Å²) in [5.74, 6) is 1.53. The summed E-state index contributed by atoms with van der Waals surface area (Å²) in [6, 6.07) is 11.5. The molecule has 6 nitrogen and oxygen atoms in total. The number of nitrogens with one attached hydrogen (secondary N) is 1. The van der Waals surface area contributed by atoms with E-state index in [1.165, 1.54) is 17.3 Å². The number of carbonyl (C=O) groups excluding carboxylic acids is 1. The van der Waals surface area contributed by atoms with Crippen LogP contribution in [0.4, 0.5) is 5.69 Å². The molecule has 3 rings (SSSR count). The van der Waals surface area contributed by atoms with E-state index in [9.17, 15) is 4.79 Å².